The van der Waals surface area contributed by atoms with Gasteiger partial charge in [-0.05, 0) is 39.8 Å². The van der Waals surface area contributed by atoms with Crippen molar-refractivity contribution in [3.05, 3.63) is 24.0 Å². The Morgan fingerprint density at radius 2 is 1.83 bits per heavy atom. The summed E-state index contributed by atoms with van der Waals surface area (Å²) < 4.78 is 52.1. The third-order valence-corrected chi connectivity index (χ3v) is 3.61. The topological polar surface area (TPSA) is 27.7 Å². The van der Waals surface area contributed by atoms with Crippen molar-refractivity contribution in [2.45, 2.75) is 38.9 Å². The summed E-state index contributed by atoms with van der Waals surface area (Å²) in [4.78, 5) is 0. The molecule has 1 heterocycles. The van der Waals surface area contributed by atoms with Crippen LogP contribution in [0.2, 0.25) is 0 Å². The standard InChI is InChI=1S/C13H18BFO3/c1-12(2)13(3,4)18-14(17-12)11-9(15)7-6-8-10(11)16-5/h6-8H,1-5H3/i5D3. The first kappa shape index (κ1) is 9.81. The summed E-state index contributed by atoms with van der Waals surface area (Å²) in [5, 5.41) is 0. The van der Waals surface area contributed by atoms with Gasteiger partial charge in [-0.3, -0.25) is 0 Å². The zero-order valence-electron chi connectivity index (χ0n) is 13.9. The summed E-state index contributed by atoms with van der Waals surface area (Å²) in [6, 6.07) is 3.98. The zero-order valence-corrected chi connectivity index (χ0v) is 10.9. The van der Waals surface area contributed by atoms with Gasteiger partial charge in [-0.2, -0.15) is 0 Å². The van der Waals surface area contributed by atoms with Gasteiger partial charge in [0.25, 0.3) is 0 Å². The number of methoxy groups -OCH3 is 1. The number of hydrogen-bond donors (Lipinski definition) is 0. The van der Waals surface area contributed by atoms with Gasteiger partial charge in [-0.25, -0.2) is 4.39 Å². The first-order valence-corrected chi connectivity index (χ1v) is 5.76. The fourth-order valence-electron chi connectivity index (χ4n) is 1.80. The molecule has 1 aliphatic heterocycles. The number of ether oxygens (including phenoxy) is 1. The Bertz CT molecular complexity index is 530. The lowest BCUT2D eigenvalue weighted by atomic mass is 9.78. The smallest absolute Gasteiger partial charge is 0.497 e. The first-order valence-electron chi connectivity index (χ1n) is 7.26. The molecule has 0 unspecified atom stereocenters. The van der Waals surface area contributed by atoms with Gasteiger partial charge in [-0.15, -0.1) is 0 Å². The molecule has 1 aromatic rings. The van der Waals surface area contributed by atoms with Crippen LogP contribution < -0.4 is 10.2 Å². The van der Waals surface area contributed by atoms with Crippen LogP contribution in [0.15, 0.2) is 18.2 Å². The van der Waals surface area contributed by atoms with Crippen molar-refractivity contribution >= 4 is 12.6 Å². The van der Waals surface area contributed by atoms with E-state index in [2.05, 4.69) is 0 Å². The second-order valence-corrected chi connectivity index (χ2v) is 5.34. The maximum atomic E-state index is 14.2. The second kappa shape index (κ2) is 4.25. The Kier molecular flexibility index (Phi) is 2.31. The average Bonchev–Trinajstić information content (AvgIpc) is 2.45. The molecule has 1 fully saturated rings. The molecule has 0 amide bonds. The van der Waals surface area contributed by atoms with Crippen LogP contribution in [0, 0.1) is 5.82 Å². The molecule has 18 heavy (non-hydrogen) atoms. The Morgan fingerprint density at radius 3 is 2.39 bits per heavy atom. The van der Waals surface area contributed by atoms with Crippen molar-refractivity contribution in [2.75, 3.05) is 7.04 Å². The van der Waals surface area contributed by atoms with Gasteiger partial charge in [0.1, 0.15) is 11.6 Å². The highest BCUT2D eigenvalue weighted by atomic mass is 19.1. The molecule has 0 aromatic heterocycles. The number of hydrogen-bond acceptors (Lipinski definition) is 3. The molecule has 3 nitrogen and oxygen atoms in total. The van der Waals surface area contributed by atoms with E-state index in [0.717, 1.165) is 0 Å². The highest BCUT2D eigenvalue weighted by Gasteiger charge is 2.53. The van der Waals surface area contributed by atoms with Crippen molar-refractivity contribution in [3.8, 4) is 5.75 Å². The van der Waals surface area contributed by atoms with Crippen LogP contribution in [0.5, 0.6) is 5.75 Å². The molecule has 0 spiro atoms. The van der Waals surface area contributed by atoms with E-state index >= 15 is 0 Å². The molecule has 2 rings (SSSR count). The maximum absolute atomic E-state index is 14.2. The molecule has 0 bridgehead atoms. The van der Waals surface area contributed by atoms with E-state index < -0.39 is 31.2 Å². The summed E-state index contributed by atoms with van der Waals surface area (Å²) in [6.45, 7) is 7.33. The van der Waals surface area contributed by atoms with Gasteiger partial charge in [-0.1, -0.05) is 6.07 Å². The van der Waals surface area contributed by atoms with Crippen molar-refractivity contribution < 1.29 is 22.5 Å². The van der Waals surface area contributed by atoms with Gasteiger partial charge in [0.05, 0.1) is 27.8 Å². The van der Waals surface area contributed by atoms with Crippen LogP contribution in [0.3, 0.4) is 0 Å². The monoisotopic (exact) mass is 255 g/mol. The van der Waals surface area contributed by atoms with Crippen LogP contribution in [-0.4, -0.2) is 25.4 Å². The summed E-state index contributed by atoms with van der Waals surface area (Å²) in [5.74, 6) is -0.733. The van der Waals surface area contributed by atoms with Gasteiger partial charge < -0.3 is 14.0 Å². The quantitative estimate of drug-likeness (QED) is 0.758. The fourth-order valence-corrected chi connectivity index (χ4v) is 1.80. The zero-order chi connectivity index (χ0) is 16.1. The summed E-state index contributed by atoms with van der Waals surface area (Å²) >= 11 is 0. The number of benzene rings is 1. The van der Waals surface area contributed by atoms with E-state index in [1.165, 1.54) is 18.2 Å². The minimum absolute atomic E-state index is 0.0349. The Labute approximate surface area is 112 Å². The average molecular weight is 255 g/mol. The van der Waals surface area contributed by atoms with E-state index in [4.69, 9.17) is 18.2 Å². The van der Waals surface area contributed by atoms with Crippen molar-refractivity contribution in [1.29, 1.82) is 0 Å². The van der Waals surface area contributed by atoms with E-state index in [1.54, 1.807) is 0 Å². The van der Waals surface area contributed by atoms with Crippen LogP contribution >= 0.6 is 0 Å². The second-order valence-electron chi connectivity index (χ2n) is 5.34. The maximum Gasteiger partial charge on any atom is 0.501 e. The summed E-state index contributed by atoms with van der Waals surface area (Å²) in [5.41, 5.74) is -1.35. The Hall–Kier alpha value is -1.07. The molecule has 5 heteroatoms. The molecule has 98 valence electrons. The van der Waals surface area contributed by atoms with Crippen LogP contribution in [0.1, 0.15) is 31.8 Å². The lowest BCUT2D eigenvalue weighted by Gasteiger charge is -2.32. The molecule has 0 radical (unpaired) electrons. The van der Waals surface area contributed by atoms with Gasteiger partial charge in [0, 0.05) is 0 Å². The van der Waals surface area contributed by atoms with Gasteiger partial charge >= 0.3 is 7.12 Å². The van der Waals surface area contributed by atoms with Gasteiger partial charge in [0.15, 0.2) is 0 Å². The number of halogens is 1. The highest BCUT2D eigenvalue weighted by Crippen LogP contribution is 2.37. The SMILES string of the molecule is [2H]C([2H])([2H])Oc1cccc(F)c1B1OC(C)(C)C(C)(C)O1. The fraction of sp³-hybridized carbons (Fsp3) is 0.538. The van der Waals surface area contributed by atoms with Crippen LogP contribution in [0.4, 0.5) is 4.39 Å². The molecule has 1 aliphatic rings. The predicted molar refractivity (Wildman–Crippen MR) is 68.7 cm³/mol. The van der Waals surface area contributed by atoms with Crippen molar-refractivity contribution in [2.24, 2.45) is 0 Å². The predicted octanol–water partition coefficient (Wildman–Crippen LogP) is 2.13. The summed E-state index contributed by atoms with van der Waals surface area (Å²) in [6.07, 6.45) is 0. The Balaban J connectivity index is 2.41. The minimum Gasteiger partial charge on any atom is -0.497 e. The van der Waals surface area contributed by atoms with Crippen molar-refractivity contribution in [3.63, 3.8) is 0 Å². The van der Waals surface area contributed by atoms with E-state index in [9.17, 15) is 4.39 Å². The molecule has 0 N–H and O–H groups in total. The minimum atomic E-state index is -2.67. The molecular formula is C13H18BFO3. The third kappa shape index (κ3) is 2.02. The van der Waals surface area contributed by atoms with Crippen LogP contribution in [0.25, 0.3) is 0 Å². The lowest BCUT2D eigenvalue weighted by Crippen LogP contribution is -2.41. The summed E-state index contributed by atoms with van der Waals surface area (Å²) in [7, 11) is -3.69. The molecule has 1 aromatic carbocycles. The van der Waals surface area contributed by atoms with E-state index in [1.807, 2.05) is 27.7 Å². The van der Waals surface area contributed by atoms with E-state index in [0.29, 0.717) is 0 Å². The number of rotatable bonds is 2. The Morgan fingerprint density at radius 1 is 1.22 bits per heavy atom. The largest absolute Gasteiger partial charge is 0.501 e. The molecular weight excluding hydrogens is 234 g/mol. The highest BCUT2D eigenvalue weighted by molar-refractivity contribution is 6.63. The molecule has 0 saturated carbocycles. The molecule has 1 saturated heterocycles. The molecule has 0 atom stereocenters. The lowest BCUT2D eigenvalue weighted by molar-refractivity contribution is 0.00578. The van der Waals surface area contributed by atoms with Crippen molar-refractivity contribution in [1.82, 2.24) is 0 Å². The third-order valence-electron chi connectivity index (χ3n) is 3.61. The van der Waals surface area contributed by atoms with Crippen LogP contribution in [-0.2, 0) is 9.31 Å². The molecule has 0 aliphatic carbocycles. The van der Waals surface area contributed by atoms with Gasteiger partial charge in [0.2, 0.25) is 0 Å². The normalized spacial score (nSPS) is 24.3. The first-order chi connectivity index (χ1) is 9.43. The van der Waals surface area contributed by atoms with E-state index in [-0.39, 0.29) is 11.2 Å².